The lowest BCUT2D eigenvalue weighted by Gasteiger charge is -2.29. The largest absolute Gasteiger partial charge is 0.339 e. The summed E-state index contributed by atoms with van der Waals surface area (Å²) in [6.45, 7) is 2.31. The molecule has 0 spiro atoms. The lowest BCUT2D eigenvalue weighted by Crippen LogP contribution is -2.49. The standard InChI is InChI=1S/C14H20N4O5S.ClH/c1-16(10-14(19)17-8-6-15-7-9-17)24(22,23)11-12-2-4-13(5-3-12)18(20)21;/h2-5,15H,6-11H2,1H3;1H. The van der Waals surface area contributed by atoms with Crippen molar-refractivity contribution in [3.8, 4) is 0 Å². The number of nitrogens with one attached hydrogen (secondary N) is 1. The third-order valence-electron chi connectivity index (χ3n) is 3.80. The number of halogens is 1. The minimum absolute atomic E-state index is 0. The number of carbonyl (C=O) groups is 1. The molecule has 1 aromatic carbocycles. The van der Waals surface area contributed by atoms with Crippen LogP contribution in [0.15, 0.2) is 24.3 Å². The van der Waals surface area contributed by atoms with Crippen molar-refractivity contribution >= 4 is 34.0 Å². The Balaban J connectivity index is 0.00000312. The zero-order valence-corrected chi connectivity index (χ0v) is 15.4. The topological polar surface area (TPSA) is 113 Å². The molecule has 0 aromatic heterocycles. The van der Waals surface area contributed by atoms with Gasteiger partial charge in [-0.1, -0.05) is 12.1 Å². The third-order valence-corrected chi connectivity index (χ3v) is 5.58. The Labute approximate surface area is 152 Å². The van der Waals surface area contributed by atoms with Crippen LogP contribution in [0.5, 0.6) is 0 Å². The summed E-state index contributed by atoms with van der Waals surface area (Å²) in [6, 6.07) is 5.33. The molecule has 1 heterocycles. The average molecular weight is 393 g/mol. The highest BCUT2D eigenvalue weighted by atomic mass is 35.5. The van der Waals surface area contributed by atoms with Gasteiger partial charge in [-0.15, -0.1) is 12.4 Å². The van der Waals surface area contributed by atoms with E-state index in [1.54, 1.807) is 4.90 Å². The molecule has 0 saturated carbocycles. The quantitative estimate of drug-likeness (QED) is 0.547. The molecule has 0 atom stereocenters. The number of nitrogens with zero attached hydrogens (tertiary/aromatic N) is 3. The van der Waals surface area contributed by atoms with E-state index in [9.17, 15) is 23.3 Å². The molecule has 0 radical (unpaired) electrons. The molecule has 0 unspecified atom stereocenters. The maximum Gasteiger partial charge on any atom is 0.269 e. The number of piperazine rings is 1. The molecule has 9 nitrogen and oxygen atoms in total. The van der Waals surface area contributed by atoms with Crippen molar-refractivity contribution in [3.63, 3.8) is 0 Å². The number of hydrogen-bond acceptors (Lipinski definition) is 6. The van der Waals surface area contributed by atoms with Crippen LogP contribution in [0.2, 0.25) is 0 Å². The second-order valence-corrected chi connectivity index (χ2v) is 7.64. The van der Waals surface area contributed by atoms with Crippen LogP contribution < -0.4 is 5.32 Å². The minimum atomic E-state index is -3.68. The second-order valence-electron chi connectivity index (χ2n) is 5.57. The maximum atomic E-state index is 12.3. The van der Waals surface area contributed by atoms with Gasteiger partial charge in [0.25, 0.3) is 5.69 Å². The van der Waals surface area contributed by atoms with E-state index in [-0.39, 0.29) is 36.3 Å². The van der Waals surface area contributed by atoms with E-state index in [0.29, 0.717) is 31.7 Å². The van der Waals surface area contributed by atoms with Crippen molar-refractivity contribution in [1.29, 1.82) is 0 Å². The number of sulfonamides is 1. The van der Waals surface area contributed by atoms with Gasteiger partial charge in [-0.3, -0.25) is 14.9 Å². The van der Waals surface area contributed by atoms with Crippen molar-refractivity contribution in [2.75, 3.05) is 39.8 Å². The molecule has 1 saturated heterocycles. The van der Waals surface area contributed by atoms with Crippen molar-refractivity contribution in [2.45, 2.75) is 5.75 Å². The van der Waals surface area contributed by atoms with Gasteiger partial charge in [0, 0.05) is 45.4 Å². The molecule has 2 rings (SSSR count). The summed E-state index contributed by atoms with van der Waals surface area (Å²) >= 11 is 0. The number of hydrogen-bond donors (Lipinski definition) is 1. The van der Waals surface area contributed by atoms with Gasteiger partial charge in [0.1, 0.15) is 0 Å². The number of non-ortho nitro benzene ring substituents is 1. The van der Waals surface area contributed by atoms with E-state index in [2.05, 4.69) is 5.32 Å². The molecule has 1 amide bonds. The highest BCUT2D eigenvalue weighted by Gasteiger charge is 2.24. The summed E-state index contributed by atoms with van der Waals surface area (Å²) in [7, 11) is -2.32. The lowest BCUT2D eigenvalue weighted by atomic mass is 10.2. The van der Waals surface area contributed by atoms with Crippen molar-refractivity contribution < 1.29 is 18.1 Å². The van der Waals surface area contributed by atoms with E-state index in [4.69, 9.17) is 0 Å². The van der Waals surface area contributed by atoms with Crippen LogP contribution in [0, 0.1) is 10.1 Å². The van der Waals surface area contributed by atoms with E-state index >= 15 is 0 Å². The first-order chi connectivity index (χ1) is 11.3. The maximum absolute atomic E-state index is 12.3. The molecular weight excluding hydrogens is 372 g/mol. The summed E-state index contributed by atoms with van der Waals surface area (Å²) in [4.78, 5) is 23.8. The van der Waals surface area contributed by atoms with Crippen LogP contribution >= 0.6 is 12.4 Å². The third kappa shape index (κ3) is 5.92. The van der Waals surface area contributed by atoms with Gasteiger partial charge in [0.2, 0.25) is 15.9 Å². The van der Waals surface area contributed by atoms with Crippen LogP contribution in [0.1, 0.15) is 5.56 Å². The molecule has 1 aliphatic rings. The fourth-order valence-electron chi connectivity index (χ4n) is 2.34. The smallest absolute Gasteiger partial charge is 0.269 e. The van der Waals surface area contributed by atoms with Crippen molar-refractivity contribution in [3.05, 3.63) is 39.9 Å². The predicted octanol–water partition coefficient (Wildman–Crippen LogP) is 0.210. The Bertz CT molecular complexity index is 704. The first kappa shape index (κ1) is 21.3. The number of carbonyl (C=O) groups excluding carboxylic acids is 1. The molecule has 1 N–H and O–H groups in total. The number of likely N-dealkylation sites (N-methyl/N-ethyl adjacent to an activating group) is 1. The Morgan fingerprint density at radius 2 is 1.84 bits per heavy atom. The van der Waals surface area contributed by atoms with Gasteiger partial charge in [0.15, 0.2) is 0 Å². The van der Waals surface area contributed by atoms with E-state index in [0.717, 1.165) is 4.31 Å². The predicted molar refractivity (Wildman–Crippen MR) is 95.0 cm³/mol. The number of rotatable bonds is 6. The van der Waals surface area contributed by atoms with Crippen LogP contribution in [-0.4, -0.2) is 68.2 Å². The van der Waals surface area contributed by atoms with Gasteiger partial charge in [0.05, 0.1) is 17.2 Å². The second kappa shape index (κ2) is 9.09. The fraction of sp³-hybridized carbons (Fsp3) is 0.500. The number of amides is 1. The van der Waals surface area contributed by atoms with Gasteiger partial charge in [-0.25, -0.2) is 8.42 Å². The Kier molecular flexibility index (Phi) is 7.74. The SMILES string of the molecule is CN(CC(=O)N1CCNCC1)S(=O)(=O)Cc1ccc([N+](=O)[O-])cc1.Cl. The Morgan fingerprint density at radius 1 is 1.28 bits per heavy atom. The number of nitro benzene ring substituents is 1. The normalized spacial score (nSPS) is 14.9. The first-order valence-electron chi connectivity index (χ1n) is 7.45. The molecular formula is C14H21ClN4O5S. The lowest BCUT2D eigenvalue weighted by molar-refractivity contribution is -0.384. The zero-order valence-electron chi connectivity index (χ0n) is 13.8. The van der Waals surface area contributed by atoms with Gasteiger partial charge in [-0.05, 0) is 5.56 Å². The summed E-state index contributed by atoms with van der Waals surface area (Å²) in [6.07, 6.45) is 0. The van der Waals surface area contributed by atoms with Gasteiger partial charge >= 0.3 is 0 Å². The Hall–Kier alpha value is -1.75. The number of benzene rings is 1. The molecule has 1 aromatic rings. The molecule has 1 fully saturated rings. The zero-order chi connectivity index (χ0) is 17.7. The highest BCUT2D eigenvalue weighted by Crippen LogP contribution is 2.15. The molecule has 140 valence electrons. The monoisotopic (exact) mass is 392 g/mol. The summed E-state index contributed by atoms with van der Waals surface area (Å²) in [5, 5.41) is 13.7. The van der Waals surface area contributed by atoms with Crippen molar-refractivity contribution in [1.82, 2.24) is 14.5 Å². The van der Waals surface area contributed by atoms with Crippen LogP contribution in [-0.2, 0) is 20.6 Å². The first-order valence-corrected chi connectivity index (χ1v) is 9.06. The van der Waals surface area contributed by atoms with Crippen LogP contribution in [0.4, 0.5) is 5.69 Å². The van der Waals surface area contributed by atoms with Gasteiger partial charge < -0.3 is 10.2 Å². The highest BCUT2D eigenvalue weighted by molar-refractivity contribution is 7.88. The average Bonchev–Trinajstić information content (AvgIpc) is 2.55. The Morgan fingerprint density at radius 3 is 2.36 bits per heavy atom. The van der Waals surface area contributed by atoms with Crippen molar-refractivity contribution in [2.24, 2.45) is 0 Å². The fourth-order valence-corrected chi connectivity index (χ4v) is 3.48. The van der Waals surface area contributed by atoms with Crippen LogP contribution in [0.25, 0.3) is 0 Å². The van der Waals surface area contributed by atoms with E-state index in [1.165, 1.54) is 31.3 Å². The number of nitro groups is 1. The summed E-state index contributed by atoms with van der Waals surface area (Å²) < 4.78 is 25.7. The summed E-state index contributed by atoms with van der Waals surface area (Å²) in [5.74, 6) is -0.539. The van der Waals surface area contributed by atoms with E-state index < -0.39 is 14.9 Å². The molecule has 0 aliphatic carbocycles. The molecule has 11 heteroatoms. The molecule has 1 aliphatic heterocycles. The van der Waals surface area contributed by atoms with Crippen LogP contribution in [0.3, 0.4) is 0 Å². The molecule has 0 bridgehead atoms. The van der Waals surface area contributed by atoms with Gasteiger partial charge in [-0.2, -0.15) is 4.31 Å². The van der Waals surface area contributed by atoms with E-state index in [1.807, 2.05) is 0 Å². The molecule has 25 heavy (non-hydrogen) atoms. The minimum Gasteiger partial charge on any atom is -0.339 e. The summed E-state index contributed by atoms with van der Waals surface area (Å²) in [5.41, 5.74) is 0.334.